The van der Waals surface area contributed by atoms with Crippen molar-refractivity contribution in [2.45, 2.75) is 19.5 Å². The molecule has 0 saturated carbocycles. The van der Waals surface area contributed by atoms with Crippen molar-refractivity contribution >= 4 is 16.8 Å². The zero-order valence-electron chi connectivity index (χ0n) is 16.5. The smallest absolute Gasteiger partial charge is 0.255 e. The molecule has 1 N–H and O–H groups in total. The molecular formula is C25H20N2O3. The Morgan fingerprint density at radius 2 is 1.80 bits per heavy atom. The number of nitrogens with zero attached hydrogens (tertiary/aromatic N) is 1. The number of rotatable bonds is 3. The predicted molar refractivity (Wildman–Crippen MR) is 114 cm³/mol. The second-order valence-corrected chi connectivity index (χ2v) is 7.82. The lowest BCUT2D eigenvalue weighted by atomic mass is 9.95. The minimum Gasteiger partial charge on any atom is -0.454 e. The molecule has 0 saturated heterocycles. The maximum atomic E-state index is 13.4. The summed E-state index contributed by atoms with van der Waals surface area (Å²) < 4.78 is 11.0. The van der Waals surface area contributed by atoms with E-state index in [1.807, 2.05) is 53.4 Å². The number of para-hydroxylation sites is 1. The summed E-state index contributed by atoms with van der Waals surface area (Å²) in [6, 6.07) is 22.0. The first-order valence-corrected chi connectivity index (χ1v) is 10.1. The van der Waals surface area contributed by atoms with Crippen molar-refractivity contribution in [1.29, 1.82) is 0 Å². The lowest BCUT2D eigenvalue weighted by molar-refractivity contribution is 0.0736. The lowest BCUT2D eigenvalue weighted by Crippen LogP contribution is -2.28. The molecule has 3 heterocycles. The molecule has 0 aliphatic carbocycles. The van der Waals surface area contributed by atoms with Gasteiger partial charge in [-0.1, -0.05) is 42.5 Å². The molecule has 0 radical (unpaired) electrons. The molecule has 0 fully saturated rings. The fourth-order valence-electron chi connectivity index (χ4n) is 4.73. The van der Waals surface area contributed by atoms with Gasteiger partial charge in [0.2, 0.25) is 6.79 Å². The summed E-state index contributed by atoms with van der Waals surface area (Å²) in [6.07, 6.45) is 0. The summed E-state index contributed by atoms with van der Waals surface area (Å²) in [7, 11) is 0. The number of benzene rings is 3. The summed E-state index contributed by atoms with van der Waals surface area (Å²) in [5.41, 5.74) is 6.17. The SMILES string of the molecule is Cc1[nH]c2ccccc2c1[C@@H]1c2ccccc2C(=O)N1Cc1ccc2c(c1)OCO2. The Hall–Kier alpha value is -3.73. The molecule has 1 amide bonds. The van der Waals surface area contributed by atoms with Gasteiger partial charge in [0.25, 0.3) is 5.91 Å². The molecule has 30 heavy (non-hydrogen) atoms. The van der Waals surface area contributed by atoms with E-state index in [4.69, 9.17) is 9.47 Å². The van der Waals surface area contributed by atoms with E-state index < -0.39 is 0 Å². The molecule has 0 spiro atoms. The van der Waals surface area contributed by atoms with Gasteiger partial charge in [0, 0.05) is 34.3 Å². The van der Waals surface area contributed by atoms with Crippen LogP contribution in [-0.2, 0) is 6.54 Å². The van der Waals surface area contributed by atoms with E-state index in [1.165, 1.54) is 0 Å². The van der Waals surface area contributed by atoms with Crippen LogP contribution in [0.3, 0.4) is 0 Å². The van der Waals surface area contributed by atoms with Gasteiger partial charge in [-0.05, 0) is 42.3 Å². The van der Waals surface area contributed by atoms with Gasteiger partial charge in [0.1, 0.15) is 0 Å². The maximum absolute atomic E-state index is 13.4. The zero-order chi connectivity index (χ0) is 20.2. The summed E-state index contributed by atoms with van der Waals surface area (Å²) in [5.74, 6) is 1.54. The van der Waals surface area contributed by atoms with E-state index in [2.05, 4.69) is 30.1 Å². The van der Waals surface area contributed by atoms with Gasteiger partial charge in [0.15, 0.2) is 11.5 Å². The van der Waals surface area contributed by atoms with Crippen LogP contribution in [0.5, 0.6) is 11.5 Å². The minimum atomic E-state index is -0.143. The number of amides is 1. The van der Waals surface area contributed by atoms with E-state index in [1.54, 1.807) is 0 Å². The average molecular weight is 396 g/mol. The van der Waals surface area contributed by atoms with Crippen LogP contribution in [-0.4, -0.2) is 22.6 Å². The van der Waals surface area contributed by atoms with Crippen molar-refractivity contribution in [3.05, 3.63) is 94.7 Å². The molecule has 5 nitrogen and oxygen atoms in total. The lowest BCUT2D eigenvalue weighted by Gasteiger charge is -2.26. The zero-order valence-corrected chi connectivity index (χ0v) is 16.5. The van der Waals surface area contributed by atoms with Crippen LogP contribution in [0.2, 0.25) is 0 Å². The normalized spacial score (nSPS) is 17.0. The van der Waals surface area contributed by atoms with Crippen molar-refractivity contribution in [2.24, 2.45) is 0 Å². The maximum Gasteiger partial charge on any atom is 0.255 e. The van der Waals surface area contributed by atoms with E-state index in [-0.39, 0.29) is 18.7 Å². The van der Waals surface area contributed by atoms with Gasteiger partial charge in [0.05, 0.1) is 6.04 Å². The third kappa shape index (κ3) is 2.45. The third-order valence-corrected chi connectivity index (χ3v) is 6.07. The summed E-state index contributed by atoms with van der Waals surface area (Å²) in [4.78, 5) is 18.9. The number of hydrogen-bond donors (Lipinski definition) is 1. The summed E-state index contributed by atoms with van der Waals surface area (Å²) in [6.45, 7) is 2.82. The quantitative estimate of drug-likeness (QED) is 0.533. The molecule has 2 aliphatic rings. The van der Waals surface area contributed by atoms with Crippen LogP contribution in [0.15, 0.2) is 66.7 Å². The highest BCUT2D eigenvalue weighted by molar-refractivity contribution is 6.01. The predicted octanol–water partition coefficient (Wildman–Crippen LogP) is 4.95. The number of aryl methyl sites for hydroxylation is 1. The van der Waals surface area contributed by atoms with Crippen molar-refractivity contribution in [1.82, 2.24) is 9.88 Å². The summed E-state index contributed by atoms with van der Waals surface area (Å²) in [5, 5.41) is 1.15. The van der Waals surface area contributed by atoms with Crippen LogP contribution in [0.4, 0.5) is 0 Å². The number of aromatic nitrogens is 1. The Kier molecular flexibility index (Phi) is 3.65. The highest BCUT2D eigenvalue weighted by Gasteiger charge is 2.39. The largest absolute Gasteiger partial charge is 0.454 e. The number of ether oxygens (including phenoxy) is 2. The number of hydrogen-bond acceptors (Lipinski definition) is 3. The van der Waals surface area contributed by atoms with Crippen LogP contribution in [0.25, 0.3) is 10.9 Å². The molecule has 4 aromatic rings. The van der Waals surface area contributed by atoms with Crippen molar-refractivity contribution in [3.63, 3.8) is 0 Å². The molecule has 0 unspecified atom stereocenters. The van der Waals surface area contributed by atoms with E-state index in [0.717, 1.165) is 50.3 Å². The fourth-order valence-corrected chi connectivity index (χ4v) is 4.73. The monoisotopic (exact) mass is 396 g/mol. The number of carbonyl (C=O) groups is 1. The standard InChI is InChI=1S/C25H20N2O3/c1-15-23(19-8-4-5-9-20(19)26-15)24-17-6-2-3-7-18(17)25(28)27(24)13-16-10-11-21-22(12-16)30-14-29-21/h2-12,24,26H,13-14H2,1H3/t24-/m0/s1. The van der Waals surface area contributed by atoms with Crippen molar-refractivity contribution in [3.8, 4) is 11.5 Å². The first-order valence-electron chi connectivity index (χ1n) is 10.1. The molecular weight excluding hydrogens is 376 g/mol. The number of carbonyl (C=O) groups excluding carboxylic acids is 1. The second-order valence-electron chi connectivity index (χ2n) is 7.82. The minimum absolute atomic E-state index is 0.0537. The van der Waals surface area contributed by atoms with Crippen LogP contribution >= 0.6 is 0 Å². The first kappa shape index (κ1) is 17.2. The Bertz CT molecular complexity index is 1310. The van der Waals surface area contributed by atoms with Crippen LogP contribution < -0.4 is 9.47 Å². The third-order valence-electron chi connectivity index (χ3n) is 6.07. The number of nitrogens with one attached hydrogen (secondary N) is 1. The van der Waals surface area contributed by atoms with Crippen molar-refractivity contribution in [2.75, 3.05) is 6.79 Å². The highest BCUT2D eigenvalue weighted by atomic mass is 16.7. The first-order chi connectivity index (χ1) is 14.7. The Balaban J connectivity index is 1.49. The van der Waals surface area contributed by atoms with Crippen molar-refractivity contribution < 1.29 is 14.3 Å². The Labute approximate surface area is 173 Å². The van der Waals surface area contributed by atoms with Gasteiger partial charge in [-0.2, -0.15) is 0 Å². The topological polar surface area (TPSA) is 54.6 Å². The van der Waals surface area contributed by atoms with Gasteiger partial charge in [-0.25, -0.2) is 0 Å². The molecule has 1 atom stereocenters. The Morgan fingerprint density at radius 1 is 1.00 bits per heavy atom. The number of aromatic amines is 1. The number of H-pyrrole nitrogens is 1. The Morgan fingerprint density at radius 3 is 2.73 bits per heavy atom. The molecule has 0 bridgehead atoms. The van der Waals surface area contributed by atoms with Crippen LogP contribution in [0.1, 0.15) is 38.8 Å². The van der Waals surface area contributed by atoms with Gasteiger partial charge >= 0.3 is 0 Å². The highest BCUT2D eigenvalue weighted by Crippen LogP contribution is 2.44. The van der Waals surface area contributed by atoms with E-state index >= 15 is 0 Å². The fraction of sp³-hybridized carbons (Fsp3) is 0.160. The molecule has 148 valence electrons. The molecule has 5 heteroatoms. The molecule has 1 aromatic heterocycles. The van der Waals surface area contributed by atoms with E-state index in [9.17, 15) is 4.79 Å². The van der Waals surface area contributed by atoms with Gasteiger partial charge in [-0.3, -0.25) is 4.79 Å². The van der Waals surface area contributed by atoms with Crippen LogP contribution in [0, 0.1) is 6.92 Å². The number of fused-ring (bicyclic) bond motifs is 3. The van der Waals surface area contributed by atoms with Gasteiger partial charge in [-0.15, -0.1) is 0 Å². The second kappa shape index (κ2) is 6.39. The van der Waals surface area contributed by atoms with E-state index in [0.29, 0.717) is 6.54 Å². The average Bonchev–Trinajstić information content (AvgIpc) is 3.43. The molecule has 6 rings (SSSR count). The molecule has 3 aromatic carbocycles. The van der Waals surface area contributed by atoms with Gasteiger partial charge < -0.3 is 19.4 Å². The molecule has 2 aliphatic heterocycles. The summed E-state index contributed by atoms with van der Waals surface area (Å²) >= 11 is 0.